The summed E-state index contributed by atoms with van der Waals surface area (Å²) in [6.07, 6.45) is 13.6. The van der Waals surface area contributed by atoms with Gasteiger partial charge in [-0.2, -0.15) is 0 Å². The highest BCUT2D eigenvalue weighted by Crippen LogP contribution is 2.51. The molecule has 2 aliphatic carbocycles. The van der Waals surface area contributed by atoms with Crippen LogP contribution in [0.15, 0.2) is 49.1 Å². The number of rotatable bonds is 6. The first-order valence-electron chi connectivity index (χ1n) is 14.5. The van der Waals surface area contributed by atoms with E-state index in [1.165, 1.54) is 5.56 Å². The maximum Gasteiger partial charge on any atom is 0.166 e. The van der Waals surface area contributed by atoms with E-state index < -0.39 is 12.0 Å². The molecule has 3 heterocycles. The zero-order chi connectivity index (χ0) is 26.4. The fourth-order valence-corrected chi connectivity index (χ4v) is 7.79. The molecule has 4 fully saturated rings. The van der Waals surface area contributed by atoms with E-state index in [1.54, 1.807) is 6.33 Å². The van der Waals surface area contributed by atoms with Gasteiger partial charge in [0, 0.05) is 43.3 Å². The van der Waals surface area contributed by atoms with E-state index in [1.807, 2.05) is 12.4 Å². The maximum absolute atomic E-state index is 11.8. The molecule has 2 N–H and O–H groups in total. The molecule has 1 unspecified atom stereocenters. The molecule has 1 aromatic heterocycles. The van der Waals surface area contributed by atoms with E-state index >= 15 is 0 Å². The zero-order valence-electron chi connectivity index (χ0n) is 23.0. The summed E-state index contributed by atoms with van der Waals surface area (Å²) in [5, 5.41) is 23.1. The van der Waals surface area contributed by atoms with Crippen LogP contribution in [0.1, 0.15) is 63.4 Å². The Kier molecular flexibility index (Phi) is 6.97. The molecule has 6 rings (SSSR count). The summed E-state index contributed by atoms with van der Waals surface area (Å²) < 4.78 is 0. The third-order valence-electron chi connectivity index (χ3n) is 10.4. The average molecular weight is 521 g/mol. The van der Waals surface area contributed by atoms with E-state index in [4.69, 9.17) is 0 Å². The topological polar surface area (TPSA) is 79.2 Å². The van der Waals surface area contributed by atoms with Crippen molar-refractivity contribution in [3.63, 3.8) is 0 Å². The number of nitrogens with zero attached hydrogens (tertiary/aromatic N) is 6. The maximum atomic E-state index is 11.8. The quantitative estimate of drug-likeness (QED) is 0.602. The lowest BCUT2D eigenvalue weighted by Gasteiger charge is -2.53. The van der Waals surface area contributed by atoms with Gasteiger partial charge in [0.25, 0.3) is 0 Å². The highest BCUT2D eigenvalue weighted by atomic mass is 16.3. The first-order chi connectivity index (χ1) is 18.3. The van der Waals surface area contributed by atoms with Gasteiger partial charge < -0.3 is 15.1 Å². The summed E-state index contributed by atoms with van der Waals surface area (Å²) in [5.41, 5.74) is 1.70. The predicted octanol–water partition coefficient (Wildman–Crippen LogP) is 3.02. The van der Waals surface area contributed by atoms with Gasteiger partial charge in [-0.05, 0) is 77.4 Å². The van der Waals surface area contributed by atoms with Crippen LogP contribution in [0.3, 0.4) is 0 Å². The van der Waals surface area contributed by atoms with Gasteiger partial charge in [-0.15, -0.1) is 0 Å². The van der Waals surface area contributed by atoms with Crippen LogP contribution in [0.4, 0.5) is 5.69 Å². The summed E-state index contributed by atoms with van der Waals surface area (Å²) in [4.78, 5) is 17.8. The summed E-state index contributed by atoms with van der Waals surface area (Å²) in [7, 11) is 4.42. The van der Waals surface area contributed by atoms with Gasteiger partial charge in [-0.1, -0.05) is 30.3 Å². The van der Waals surface area contributed by atoms with Crippen LogP contribution in [-0.4, -0.2) is 98.7 Å². The molecule has 38 heavy (non-hydrogen) atoms. The SMILES string of the molecule is CN(C)[C@]1(c2ccccc2)CC[C@]2(CC1)CN(C1CCN(c3cncnc3)CC1)C(O)N2CC1(O)CCC1. The molecule has 2 aromatic rings. The Morgan fingerprint density at radius 3 is 2.18 bits per heavy atom. The van der Waals surface area contributed by atoms with Crippen LogP contribution >= 0.6 is 0 Å². The zero-order valence-corrected chi connectivity index (χ0v) is 23.0. The standard InChI is InChI=1S/C30H44N6O2/c1-33(2)30(24-7-4-3-5-8-24)15-13-28(14-16-30)21-35(27(37)36(28)22-29(38)11-6-12-29)25-9-17-34(18-10-25)26-19-31-23-32-20-26/h3-5,7-8,19-20,23,25,27,37-38H,6,9-18,21-22H2,1-2H3/t27?,28-,30+. The number of anilines is 1. The van der Waals surface area contributed by atoms with Crippen LogP contribution in [0.25, 0.3) is 0 Å². The summed E-state index contributed by atoms with van der Waals surface area (Å²) in [6, 6.07) is 11.3. The number of hydrogen-bond donors (Lipinski definition) is 2. The lowest BCUT2D eigenvalue weighted by atomic mass is 9.67. The Morgan fingerprint density at radius 2 is 1.61 bits per heavy atom. The highest BCUT2D eigenvalue weighted by molar-refractivity contribution is 5.42. The normalized spacial score (nSPS) is 32.7. The van der Waals surface area contributed by atoms with E-state index in [0.29, 0.717) is 12.6 Å². The van der Waals surface area contributed by atoms with E-state index in [0.717, 1.165) is 83.1 Å². The van der Waals surface area contributed by atoms with Crippen molar-refractivity contribution in [3.05, 3.63) is 54.6 Å². The Labute approximate surface area is 227 Å². The molecule has 0 bridgehead atoms. The summed E-state index contributed by atoms with van der Waals surface area (Å²) in [6.45, 7) is 3.33. The first kappa shape index (κ1) is 26.1. The molecule has 0 amide bonds. The van der Waals surface area contributed by atoms with Crippen molar-refractivity contribution < 1.29 is 10.2 Å². The Balaban J connectivity index is 1.22. The van der Waals surface area contributed by atoms with Crippen molar-refractivity contribution in [2.45, 2.75) is 86.9 Å². The second-order valence-corrected chi connectivity index (χ2v) is 12.6. The van der Waals surface area contributed by atoms with Crippen LogP contribution < -0.4 is 4.90 Å². The first-order valence-corrected chi connectivity index (χ1v) is 14.5. The number of benzene rings is 1. The largest absolute Gasteiger partial charge is 0.389 e. The molecule has 1 spiro atoms. The van der Waals surface area contributed by atoms with Crippen molar-refractivity contribution in [1.29, 1.82) is 0 Å². The van der Waals surface area contributed by atoms with Crippen LogP contribution in [0.5, 0.6) is 0 Å². The molecule has 4 aliphatic rings. The summed E-state index contributed by atoms with van der Waals surface area (Å²) in [5.74, 6) is 0. The fraction of sp³-hybridized carbons (Fsp3) is 0.667. The molecular weight excluding hydrogens is 476 g/mol. The van der Waals surface area contributed by atoms with Crippen LogP contribution in [-0.2, 0) is 5.54 Å². The molecule has 1 aromatic carbocycles. The molecule has 0 radical (unpaired) electrons. The third-order valence-corrected chi connectivity index (χ3v) is 10.4. The molecule has 1 atom stereocenters. The number of piperidine rings is 1. The van der Waals surface area contributed by atoms with Crippen LogP contribution in [0.2, 0.25) is 0 Å². The number of aromatic nitrogens is 2. The van der Waals surface area contributed by atoms with Gasteiger partial charge in [-0.3, -0.25) is 14.7 Å². The number of hydrogen-bond acceptors (Lipinski definition) is 8. The molecule has 8 heteroatoms. The lowest BCUT2D eigenvalue weighted by Crippen LogP contribution is -2.60. The third kappa shape index (κ3) is 4.54. The molecule has 2 saturated heterocycles. The summed E-state index contributed by atoms with van der Waals surface area (Å²) >= 11 is 0. The van der Waals surface area contributed by atoms with E-state index in [2.05, 4.69) is 74.0 Å². The predicted molar refractivity (Wildman–Crippen MR) is 148 cm³/mol. The van der Waals surface area contributed by atoms with Gasteiger partial charge in [0.15, 0.2) is 6.35 Å². The monoisotopic (exact) mass is 520 g/mol. The van der Waals surface area contributed by atoms with Gasteiger partial charge in [0.1, 0.15) is 6.33 Å². The fourth-order valence-electron chi connectivity index (χ4n) is 7.79. The van der Waals surface area contributed by atoms with Gasteiger partial charge >= 0.3 is 0 Å². The smallest absolute Gasteiger partial charge is 0.166 e. The Hall–Kier alpha value is -2.10. The van der Waals surface area contributed by atoms with Crippen molar-refractivity contribution in [2.24, 2.45) is 0 Å². The Morgan fingerprint density at radius 1 is 0.947 bits per heavy atom. The van der Waals surface area contributed by atoms with Gasteiger partial charge in [0.05, 0.1) is 23.7 Å². The minimum absolute atomic E-state index is 0.00696. The van der Waals surface area contributed by atoms with Gasteiger partial charge in [0.2, 0.25) is 0 Å². The molecule has 2 aliphatic heterocycles. The van der Waals surface area contributed by atoms with Crippen molar-refractivity contribution in [3.8, 4) is 0 Å². The second kappa shape index (κ2) is 10.1. The van der Waals surface area contributed by atoms with Crippen molar-refractivity contribution >= 4 is 5.69 Å². The van der Waals surface area contributed by atoms with Gasteiger partial charge in [-0.25, -0.2) is 9.97 Å². The number of β-amino-alcohol motifs (C(OH)–C–C–N with tert-alkyl or cyclic N) is 1. The van der Waals surface area contributed by atoms with E-state index in [9.17, 15) is 10.2 Å². The van der Waals surface area contributed by atoms with Crippen LogP contribution in [0, 0.1) is 0 Å². The van der Waals surface area contributed by atoms with Crippen molar-refractivity contribution in [2.75, 3.05) is 45.2 Å². The average Bonchev–Trinajstić information content (AvgIpc) is 3.20. The minimum Gasteiger partial charge on any atom is -0.389 e. The minimum atomic E-state index is -0.657. The molecule has 2 saturated carbocycles. The van der Waals surface area contributed by atoms with Crippen molar-refractivity contribution in [1.82, 2.24) is 24.7 Å². The molecule has 206 valence electrons. The number of aliphatic hydroxyl groups excluding tert-OH is 1. The molecular formula is C30H44N6O2. The Bertz CT molecular complexity index is 1060. The lowest BCUT2D eigenvalue weighted by molar-refractivity contribution is -0.149. The second-order valence-electron chi connectivity index (χ2n) is 12.6. The molecule has 8 nitrogen and oxygen atoms in total. The van der Waals surface area contributed by atoms with E-state index in [-0.39, 0.29) is 11.1 Å². The highest BCUT2D eigenvalue weighted by Gasteiger charge is 2.57. The number of aliphatic hydroxyl groups is 2.